The number of thiazole rings is 1. The lowest BCUT2D eigenvalue weighted by Crippen LogP contribution is -2.11. The van der Waals surface area contributed by atoms with Gasteiger partial charge < -0.3 is 4.57 Å². The Labute approximate surface area is 113 Å². The maximum Gasteiger partial charge on any atom is 0.190 e. The molecule has 96 valence electrons. The summed E-state index contributed by atoms with van der Waals surface area (Å²) in [6.45, 7) is 10.7. The molecule has 1 aromatic heterocycles. The molecule has 0 aliphatic carbocycles. The average molecular weight is 260 g/mol. The second kappa shape index (κ2) is 4.73. The van der Waals surface area contributed by atoms with Crippen molar-refractivity contribution >= 4 is 17.0 Å². The summed E-state index contributed by atoms with van der Waals surface area (Å²) in [4.78, 5) is 7.25. The molecular weight excluding hydrogens is 240 g/mol. The minimum absolute atomic E-state index is 1.07. The van der Waals surface area contributed by atoms with Gasteiger partial charge in [0.2, 0.25) is 0 Å². The number of hydrogen-bond acceptors (Lipinski definition) is 2. The molecule has 0 spiro atoms. The molecule has 0 aliphatic rings. The molecule has 2 nitrogen and oxygen atoms in total. The summed E-state index contributed by atoms with van der Waals surface area (Å²) in [6.07, 6.45) is 0. The third-order valence-corrected chi connectivity index (χ3v) is 4.54. The zero-order valence-electron chi connectivity index (χ0n) is 12.0. The molecular formula is C15H20N2S. The van der Waals surface area contributed by atoms with Gasteiger partial charge in [0.05, 0.1) is 5.69 Å². The summed E-state index contributed by atoms with van der Waals surface area (Å²) in [6, 6.07) is 4.39. The smallest absolute Gasteiger partial charge is 0.190 e. The van der Waals surface area contributed by atoms with Gasteiger partial charge in [0.1, 0.15) is 0 Å². The zero-order chi connectivity index (χ0) is 13.4. The quantitative estimate of drug-likeness (QED) is 0.741. The zero-order valence-corrected chi connectivity index (χ0v) is 12.8. The Bertz CT molecular complexity index is 637. The fourth-order valence-corrected chi connectivity index (χ4v) is 3.17. The van der Waals surface area contributed by atoms with Crippen molar-refractivity contribution in [3.8, 4) is 0 Å². The highest BCUT2D eigenvalue weighted by Gasteiger charge is 2.05. The van der Waals surface area contributed by atoms with E-state index >= 15 is 0 Å². The summed E-state index contributed by atoms with van der Waals surface area (Å²) in [5, 5.41) is 0. The van der Waals surface area contributed by atoms with Crippen molar-refractivity contribution in [2.45, 2.75) is 34.6 Å². The van der Waals surface area contributed by atoms with E-state index < -0.39 is 0 Å². The molecule has 0 unspecified atom stereocenters. The maximum absolute atomic E-state index is 4.84. The topological polar surface area (TPSA) is 17.3 Å². The van der Waals surface area contributed by atoms with E-state index in [0.29, 0.717) is 0 Å². The number of nitrogens with zero attached hydrogens (tertiary/aromatic N) is 2. The molecule has 2 rings (SSSR count). The van der Waals surface area contributed by atoms with Crippen LogP contribution in [-0.4, -0.2) is 4.57 Å². The van der Waals surface area contributed by atoms with Gasteiger partial charge in [-0.2, -0.15) is 0 Å². The third kappa shape index (κ3) is 2.27. The van der Waals surface area contributed by atoms with Crippen LogP contribution >= 0.6 is 11.3 Å². The lowest BCUT2D eigenvalue weighted by Gasteiger charge is -2.06. The van der Waals surface area contributed by atoms with Crippen LogP contribution in [0.3, 0.4) is 0 Å². The molecule has 0 fully saturated rings. The molecule has 0 atom stereocenters. The second-order valence-electron chi connectivity index (χ2n) is 4.94. The van der Waals surface area contributed by atoms with Crippen LogP contribution in [0.4, 0.5) is 5.69 Å². The van der Waals surface area contributed by atoms with Crippen LogP contribution in [0, 0.1) is 34.6 Å². The van der Waals surface area contributed by atoms with Crippen LogP contribution in [-0.2, 0) is 7.05 Å². The highest BCUT2D eigenvalue weighted by molar-refractivity contribution is 7.09. The highest BCUT2D eigenvalue weighted by Crippen LogP contribution is 2.24. The van der Waals surface area contributed by atoms with Crippen LogP contribution < -0.4 is 4.80 Å². The summed E-state index contributed by atoms with van der Waals surface area (Å²) in [7, 11) is 2.08. The van der Waals surface area contributed by atoms with Gasteiger partial charge in [-0.3, -0.25) is 0 Å². The standard InChI is InChI=1S/C15H20N2S/c1-9-7-10(2)14(11(3)8-9)16-15-17(6)12(4)13(5)18-15/h7-8H,1-6H3. The number of rotatable bonds is 1. The highest BCUT2D eigenvalue weighted by atomic mass is 32.1. The van der Waals surface area contributed by atoms with Gasteiger partial charge in [-0.1, -0.05) is 17.7 Å². The van der Waals surface area contributed by atoms with Crippen molar-refractivity contribution in [3.63, 3.8) is 0 Å². The molecule has 0 radical (unpaired) electrons. The van der Waals surface area contributed by atoms with Crippen LogP contribution in [0.25, 0.3) is 0 Å². The van der Waals surface area contributed by atoms with E-state index in [9.17, 15) is 0 Å². The van der Waals surface area contributed by atoms with Gasteiger partial charge in [-0.05, 0) is 45.7 Å². The Kier molecular flexibility index (Phi) is 3.44. The number of aryl methyl sites for hydroxylation is 4. The van der Waals surface area contributed by atoms with Crippen molar-refractivity contribution in [2.75, 3.05) is 0 Å². The second-order valence-corrected chi connectivity index (χ2v) is 6.13. The van der Waals surface area contributed by atoms with Gasteiger partial charge in [-0.15, -0.1) is 11.3 Å². The Balaban J connectivity index is 2.67. The number of aromatic nitrogens is 1. The van der Waals surface area contributed by atoms with E-state index in [1.807, 2.05) is 0 Å². The molecule has 3 heteroatoms. The fraction of sp³-hybridized carbons (Fsp3) is 0.400. The van der Waals surface area contributed by atoms with E-state index in [4.69, 9.17) is 4.99 Å². The van der Waals surface area contributed by atoms with E-state index in [-0.39, 0.29) is 0 Å². The molecule has 0 amide bonds. The lowest BCUT2D eigenvalue weighted by atomic mass is 10.1. The minimum Gasteiger partial charge on any atom is -0.324 e. The molecule has 0 bridgehead atoms. The monoisotopic (exact) mass is 260 g/mol. The van der Waals surface area contributed by atoms with Crippen LogP contribution in [0.1, 0.15) is 27.3 Å². The summed E-state index contributed by atoms with van der Waals surface area (Å²) >= 11 is 1.75. The first kappa shape index (κ1) is 13.1. The molecule has 0 saturated carbocycles. The Hall–Kier alpha value is -1.35. The van der Waals surface area contributed by atoms with Crippen molar-refractivity contribution in [3.05, 3.63) is 44.2 Å². The predicted octanol–water partition coefficient (Wildman–Crippen LogP) is 3.86. The van der Waals surface area contributed by atoms with Crippen molar-refractivity contribution in [2.24, 2.45) is 12.0 Å². The van der Waals surface area contributed by atoms with Crippen molar-refractivity contribution < 1.29 is 0 Å². The minimum atomic E-state index is 1.07. The number of hydrogen-bond donors (Lipinski definition) is 0. The first-order valence-electron chi connectivity index (χ1n) is 6.15. The van der Waals surface area contributed by atoms with E-state index in [2.05, 4.69) is 58.4 Å². The van der Waals surface area contributed by atoms with E-state index in [0.717, 1.165) is 10.5 Å². The van der Waals surface area contributed by atoms with Gasteiger partial charge in [-0.25, -0.2) is 4.99 Å². The Morgan fingerprint density at radius 3 is 2.00 bits per heavy atom. The van der Waals surface area contributed by atoms with Gasteiger partial charge in [0.25, 0.3) is 0 Å². The van der Waals surface area contributed by atoms with Gasteiger partial charge in [0, 0.05) is 17.6 Å². The Morgan fingerprint density at radius 2 is 1.56 bits per heavy atom. The molecule has 0 aliphatic heterocycles. The third-order valence-electron chi connectivity index (χ3n) is 3.39. The van der Waals surface area contributed by atoms with E-state index in [1.165, 1.54) is 27.3 Å². The number of benzene rings is 1. The largest absolute Gasteiger partial charge is 0.324 e. The average Bonchev–Trinajstić information content (AvgIpc) is 2.51. The molecule has 2 aromatic rings. The van der Waals surface area contributed by atoms with Crippen molar-refractivity contribution in [1.29, 1.82) is 0 Å². The van der Waals surface area contributed by atoms with Crippen LogP contribution in [0.2, 0.25) is 0 Å². The maximum atomic E-state index is 4.84. The summed E-state index contributed by atoms with van der Waals surface area (Å²) in [5.74, 6) is 0. The van der Waals surface area contributed by atoms with Crippen LogP contribution in [0.5, 0.6) is 0 Å². The molecule has 0 saturated heterocycles. The first-order chi connectivity index (χ1) is 8.40. The predicted molar refractivity (Wildman–Crippen MR) is 78.6 cm³/mol. The van der Waals surface area contributed by atoms with Gasteiger partial charge >= 0.3 is 0 Å². The molecule has 1 aromatic carbocycles. The SMILES string of the molecule is Cc1cc(C)c(N=c2sc(C)c(C)n2C)c(C)c1. The lowest BCUT2D eigenvalue weighted by molar-refractivity contribution is 0.829. The molecule has 0 N–H and O–H groups in total. The summed E-state index contributed by atoms with van der Waals surface area (Å²) < 4.78 is 2.17. The molecule has 18 heavy (non-hydrogen) atoms. The Morgan fingerprint density at radius 1 is 1.00 bits per heavy atom. The normalized spacial score (nSPS) is 12.2. The first-order valence-corrected chi connectivity index (χ1v) is 6.97. The van der Waals surface area contributed by atoms with Crippen molar-refractivity contribution in [1.82, 2.24) is 4.57 Å². The summed E-state index contributed by atoms with van der Waals surface area (Å²) in [5.41, 5.74) is 6.19. The van der Waals surface area contributed by atoms with Crippen LogP contribution in [0.15, 0.2) is 17.1 Å². The van der Waals surface area contributed by atoms with Gasteiger partial charge in [0.15, 0.2) is 4.80 Å². The van der Waals surface area contributed by atoms with E-state index in [1.54, 1.807) is 11.3 Å². The fourth-order valence-electron chi connectivity index (χ4n) is 2.20. The molecule has 1 heterocycles.